The second kappa shape index (κ2) is 4.17. The Morgan fingerprint density at radius 3 is 2.41 bits per heavy atom. The average molecular weight is 228 g/mol. The highest BCUT2D eigenvalue weighted by Crippen LogP contribution is 2.23. The summed E-state index contributed by atoms with van der Waals surface area (Å²) in [5.74, 6) is 0.0518. The molecule has 0 atom stereocenters. The predicted octanol–water partition coefficient (Wildman–Crippen LogP) is 3.31. The zero-order chi connectivity index (χ0) is 12.5. The highest BCUT2D eigenvalue weighted by atomic mass is 16.1. The largest absolute Gasteiger partial charge is 0.292 e. The van der Waals surface area contributed by atoms with E-state index in [2.05, 4.69) is 10.2 Å². The number of aromatic nitrogens is 2. The number of hydrogen-bond donors (Lipinski definition) is 1. The van der Waals surface area contributed by atoms with Gasteiger partial charge in [-0.3, -0.25) is 9.89 Å². The lowest BCUT2D eigenvalue weighted by Gasteiger charge is -2.13. The number of benzene rings is 1. The molecule has 17 heavy (non-hydrogen) atoms. The molecule has 0 bridgehead atoms. The van der Waals surface area contributed by atoms with E-state index in [4.69, 9.17) is 0 Å². The van der Waals surface area contributed by atoms with E-state index in [1.54, 1.807) is 0 Å². The van der Waals surface area contributed by atoms with Gasteiger partial charge in [0.2, 0.25) is 0 Å². The quantitative estimate of drug-likeness (QED) is 0.801. The third kappa shape index (κ3) is 2.44. The van der Waals surface area contributed by atoms with Gasteiger partial charge in [-0.2, -0.15) is 5.10 Å². The van der Waals surface area contributed by atoms with E-state index in [0.717, 1.165) is 11.3 Å². The number of Topliss-reactive ketones (excluding diaryl/α,β-unsaturated/α-hetero) is 1. The lowest BCUT2D eigenvalue weighted by molar-refractivity contribution is 0.0853. The Balaban J connectivity index is 2.32. The third-order valence-corrected chi connectivity index (χ3v) is 2.58. The fourth-order valence-electron chi connectivity index (χ4n) is 1.59. The number of carbonyl (C=O) groups is 1. The molecule has 0 spiro atoms. The van der Waals surface area contributed by atoms with E-state index in [-0.39, 0.29) is 5.78 Å². The van der Waals surface area contributed by atoms with Crippen LogP contribution in [0.2, 0.25) is 0 Å². The fourth-order valence-corrected chi connectivity index (χ4v) is 1.59. The van der Waals surface area contributed by atoms with E-state index in [1.807, 2.05) is 57.2 Å². The Hall–Kier alpha value is -1.90. The standard InChI is InChI=1S/C14H16N2O/c1-14(2,3)13(17)12-9-11(15-16-12)10-7-5-4-6-8-10/h4-9H,1-3H3,(H,15,16). The Labute approximate surface area is 101 Å². The molecule has 88 valence electrons. The van der Waals surface area contributed by atoms with Gasteiger partial charge in [-0.25, -0.2) is 0 Å². The number of hydrogen-bond acceptors (Lipinski definition) is 2. The summed E-state index contributed by atoms with van der Waals surface area (Å²) in [6.45, 7) is 5.69. The number of carbonyl (C=O) groups excluding carboxylic acids is 1. The molecule has 3 nitrogen and oxygen atoms in total. The molecule has 0 unspecified atom stereocenters. The molecule has 0 radical (unpaired) electrons. The number of ketones is 1. The van der Waals surface area contributed by atoms with E-state index >= 15 is 0 Å². The number of nitrogens with one attached hydrogen (secondary N) is 1. The van der Waals surface area contributed by atoms with Crippen molar-refractivity contribution in [3.8, 4) is 11.3 Å². The zero-order valence-electron chi connectivity index (χ0n) is 10.3. The summed E-state index contributed by atoms with van der Waals surface area (Å²) in [4.78, 5) is 12.0. The zero-order valence-corrected chi connectivity index (χ0v) is 10.3. The first-order valence-electron chi connectivity index (χ1n) is 5.64. The Bertz CT molecular complexity index is 521. The molecule has 0 fully saturated rings. The van der Waals surface area contributed by atoms with Crippen molar-refractivity contribution in [1.82, 2.24) is 10.2 Å². The van der Waals surface area contributed by atoms with E-state index in [0.29, 0.717) is 5.69 Å². The van der Waals surface area contributed by atoms with Crippen molar-refractivity contribution >= 4 is 5.78 Å². The average Bonchev–Trinajstić information content (AvgIpc) is 2.77. The minimum atomic E-state index is -0.400. The lowest BCUT2D eigenvalue weighted by atomic mass is 9.89. The molecule has 0 saturated carbocycles. The van der Waals surface area contributed by atoms with Gasteiger partial charge < -0.3 is 0 Å². The van der Waals surface area contributed by atoms with Gasteiger partial charge in [-0.1, -0.05) is 51.1 Å². The van der Waals surface area contributed by atoms with Crippen LogP contribution in [-0.4, -0.2) is 16.0 Å². The number of rotatable bonds is 2. The van der Waals surface area contributed by atoms with Crippen molar-refractivity contribution in [3.05, 3.63) is 42.1 Å². The molecule has 0 aliphatic rings. The SMILES string of the molecule is CC(C)(C)C(=O)c1cc(-c2ccccc2)[nH]n1. The summed E-state index contributed by atoms with van der Waals surface area (Å²) in [5.41, 5.74) is 2.01. The Morgan fingerprint density at radius 1 is 1.18 bits per heavy atom. The Morgan fingerprint density at radius 2 is 1.82 bits per heavy atom. The smallest absolute Gasteiger partial charge is 0.188 e. The maximum Gasteiger partial charge on any atom is 0.188 e. The highest BCUT2D eigenvalue weighted by molar-refractivity contribution is 5.98. The number of H-pyrrole nitrogens is 1. The van der Waals surface area contributed by atoms with Gasteiger partial charge >= 0.3 is 0 Å². The van der Waals surface area contributed by atoms with Gasteiger partial charge in [-0.15, -0.1) is 0 Å². The van der Waals surface area contributed by atoms with Gasteiger partial charge in [-0.05, 0) is 11.6 Å². The van der Waals surface area contributed by atoms with Crippen LogP contribution >= 0.6 is 0 Å². The summed E-state index contributed by atoms with van der Waals surface area (Å²) >= 11 is 0. The normalized spacial score (nSPS) is 11.5. The molecule has 0 amide bonds. The first-order chi connectivity index (χ1) is 7.98. The first-order valence-corrected chi connectivity index (χ1v) is 5.64. The third-order valence-electron chi connectivity index (χ3n) is 2.58. The summed E-state index contributed by atoms with van der Waals surface area (Å²) in [6.07, 6.45) is 0. The maximum atomic E-state index is 12.0. The molecule has 0 saturated heterocycles. The highest BCUT2D eigenvalue weighted by Gasteiger charge is 2.25. The van der Waals surface area contributed by atoms with Gasteiger partial charge in [0.15, 0.2) is 5.78 Å². The molecule has 0 aliphatic heterocycles. The monoisotopic (exact) mass is 228 g/mol. The molecule has 1 aromatic carbocycles. The van der Waals surface area contributed by atoms with Crippen LogP contribution in [0, 0.1) is 5.41 Å². The van der Waals surface area contributed by atoms with Crippen molar-refractivity contribution in [2.45, 2.75) is 20.8 Å². The lowest BCUT2D eigenvalue weighted by Crippen LogP contribution is -2.20. The van der Waals surface area contributed by atoms with Crippen LogP contribution in [0.3, 0.4) is 0 Å². The van der Waals surface area contributed by atoms with Crippen LogP contribution in [0.25, 0.3) is 11.3 Å². The number of aromatic amines is 1. The van der Waals surface area contributed by atoms with E-state index < -0.39 is 5.41 Å². The van der Waals surface area contributed by atoms with Gasteiger partial charge in [0.25, 0.3) is 0 Å². The van der Waals surface area contributed by atoms with Gasteiger partial charge in [0.1, 0.15) is 5.69 Å². The van der Waals surface area contributed by atoms with Crippen molar-refractivity contribution in [2.75, 3.05) is 0 Å². The van der Waals surface area contributed by atoms with E-state index in [9.17, 15) is 4.79 Å². The van der Waals surface area contributed by atoms with Crippen LogP contribution in [0.5, 0.6) is 0 Å². The van der Waals surface area contributed by atoms with Gasteiger partial charge in [0, 0.05) is 5.41 Å². The molecule has 2 aromatic rings. The summed E-state index contributed by atoms with van der Waals surface area (Å²) in [6, 6.07) is 11.7. The summed E-state index contributed by atoms with van der Waals surface area (Å²) in [7, 11) is 0. The van der Waals surface area contributed by atoms with Crippen LogP contribution in [0.4, 0.5) is 0 Å². The molecule has 1 N–H and O–H groups in total. The van der Waals surface area contributed by atoms with Crippen LogP contribution < -0.4 is 0 Å². The second-order valence-electron chi connectivity index (χ2n) is 5.11. The molecule has 3 heteroatoms. The van der Waals surface area contributed by atoms with Crippen LogP contribution in [0.1, 0.15) is 31.3 Å². The topological polar surface area (TPSA) is 45.8 Å². The van der Waals surface area contributed by atoms with Crippen molar-refractivity contribution < 1.29 is 4.79 Å². The molecule has 0 aliphatic carbocycles. The second-order valence-corrected chi connectivity index (χ2v) is 5.11. The maximum absolute atomic E-state index is 12.0. The first kappa shape index (κ1) is 11.6. The van der Waals surface area contributed by atoms with Crippen LogP contribution in [-0.2, 0) is 0 Å². The molecule has 1 heterocycles. The molecule has 2 rings (SSSR count). The molecule has 1 aromatic heterocycles. The fraction of sp³-hybridized carbons (Fsp3) is 0.286. The Kier molecular flexibility index (Phi) is 2.84. The van der Waals surface area contributed by atoms with Crippen molar-refractivity contribution in [3.63, 3.8) is 0 Å². The minimum Gasteiger partial charge on any atom is -0.292 e. The predicted molar refractivity (Wildman–Crippen MR) is 67.8 cm³/mol. The van der Waals surface area contributed by atoms with Gasteiger partial charge in [0.05, 0.1) is 5.69 Å². The summed E-state index contributed by atoms with van der Waals surface area (Å²) < 4.78 is 0. The summed E-state index contributed by atoms with van der Waals surface area (Å²) in [5, 5.41) is 6.99. The van der Waals surface area contributed by atoms with Crippen molar-refractivity contribution in [1.29, 1.82) is 0 Å². The molecular weight excluding hydrogens is 212 g/mol. The number of nitrogens with zero attached hydrogens (tertiary/aromatic N) is 1. The molecular formula is C14H16N2O. The minimum absolute atomic E-state index is 0.0518. The van der Waals surface area contributed by atoms with Crippen LogP contribution in [0.15, 0.2) is 36.4 Å². The van der Waals surface area contributed by atoms with E-state index in [1.165, 1.54) is 0 Å². The van der Waals surface area contributed by atoms with Crippen molar-refractivity contribution in [2.24, 2.45) is 5.41 Å².